The number of ether oxygens (including phenoxy) is 2. The van der Waals surface area contributed by atoms with Crippen molar-refractivity contribution in [2.75, 3.05) is 26.4 Å². The van der Waals surface area contributed by atoms with Gasteiger partial charge in [0.25, 0.3) is 0 Å². The van der Waals surface area contributed by atoms with E-state index in [0.29, 0.717) is 17.2 Å². The maximum atomic E-state index is 6.55. The second-order valence-corrected chi connectivity index (χ2v) is 12.0. The highest BCUT2D eigenvalue weighted by Gasteiger charge is 2.41. The topological polar surface area (TPSA) is 31.0 Å². The van der Waals surface area contributed by atoms with E-state index in [-0.39, 0.29) is 0 Å². The molecule has 0 bridgehead atoms. The summed E-state index contributed by atoms with van der Waals surface area (Å²) in [4.78, 5) is 0. The second-order valence-electron chi connectivity index (χ2n) is 6.95. The molecule has 0 aromatic carbocycles. The van der Waals surface area contributed by atoms with Crippen LogP contribution in [0.5, 0.6) is 0 Å². The minimum Gasteiger partial charge on any atom is -0.416 e. The van der Waals surface area contributed by atoms with E-state index >= 15 is 0 Å². The van der Waals surface area contributed by atoms with Crippen molar-refractivity contribution in [2.45, 2.75) is 83.5 Å². The zero-order valence-corrected chi connectivity index (χ0v) is 15.8. The van der Waals surface area contributed by atoms with Gasteiger partial charge in [-0.3, -0.25) is 0 Å². The smallest absolute Gasteiger partial charge is 0.197 e. The maximum Gasteiger partial charge on any atom is 0.197 e. The van der Waals surface area contributed by atoms with Crippen LogP contribution in [0.1, 0.15) is 60.3 Å². The molecule has 0 amide bonds. The molecule has 0 saturated carbocycles. The molecule has 126 valence electrons. The molecule has 1 unspecified atom stereocenters. The van der Waals surface area contributed by atoms with Crippen LogP contribution in [-0.2, 0) is 13.9 Å². The van der Waals surface area contributed by atoms with Crippen molar-refractivity contribution in [1.29, 1.82) is 0 Å². The highest BCUT2D eigenvalue weighted by Crippen LogP contribution is 2.38. The molecule has 0 aliphatic carbocycles. The summed E-state index contributed by atoms with van der Waals surface area (Å²) in [5, 5.41) is 0. The molecule has 1 atom stereocenters. The van der Waals surface area contributed by atoms with Gasteiger partial charge in [-0.15, -0.1) is 0 Å². The molecule has 4 heteroatoms. The third-order valence-electron chi connectivity index (χ3n) is 4.64. The Morgan fingerprint density at radius 2 is 1.71 bits per heavy atom. The van der Waals surface area contributed by atoms with Gasteiger partial charge in [0.15, 0.2) is 8.32 Å². The predicted molar refractivity (Wildman–Crippen MR) is 91.4 cm³/mol. The van der Waals surface area contributed by atoms with Gasteiger partial charge in [-0.25, -0.2) is 0 Å². The lowest BCUT2D eigenvalue weighted by Crippen LogP contribution is -2.45. The molecule has 1 aliphatic heterocycles. The van der Waals surface area contributed by atoms with Gasteiger partial charge in [-0.1, -0.05) is 47.5 Å². The highest BCUT2D eigenvalue weighted by molar-refractivity contribution is 6.76. The second kappa shape index (κ2) is 9.98. The van der Waals surface area contributed by atoms with Crippen LogP contribution in [0.25, 0.3) is 0 Å². The van der Waals surface area contributed by atoms with E-state index in [4.69, 9.17) is 13.9 Å². The summed E-state index contributed by atoms with van der Waals surface area (Å²) in [6, 6.07) is 1.22. The summed E-state index contributed by atoms with van der Waals surface area (Å²) in [6.07, 6.45) is 5.26. The molecular formula is C17H36O3Si. The standard InChI is InChI=1S/C17H36O3Si/c1-6-7-8-11-20-21(15(2)3,16(4)5)12-9-10-18-13-17-14-19-17/h15-17H,6-14H2,1-5H3. The summed E-state index contributed by atoms with van der Waals surface area (Å²) in [6.45, 7) is 15.1. The van der Waals surface area contributed by atoms with E-state index in [1.54, 1.807) is 0 Å². The number of epoxide rings is 1. The van der Waals surface area contributed by atoms with E-state index in [9.17, 15) is 0 Å². The summed E-state index contributed by atoms with van der Waals surface area (Å²) >= 11 is 0. The first kappa shape index (κ1) is 19.1. The van der Waals surface area contributed by atoms with Crippen molar-refractivity contribution < 1.29 is 13.9 Å². The van der Waals surface area contributed by atoms with Gasteiger partial charge in [0.1, 0.15) is 6.10 Å². The fourth-order valence-corrected chi connectivity index (χ4v) is 7.61. The first-order valence-corrected chi connectivity index (χ1v) is 11.1. The quantitative estimate of drug-likeness (QED) is 0.279. The van der Waals surface area contributed by atoms with Gasteiger partial charge < -0.3 is 13.9 Å². The largest absolute Gasteiger partial charge is 0.416 e. The van der Waals surface area contributed by atoms with Crippen molar-refractivity contribution >= 4 is 8.32 Å². The van der Waals surface area contributed by atoms with Gasteiger partial charge in [-0.2, -0.15) is 0 Å². The zero-order chi connectivity index (χ0) is 15.7. The maximum absolute atomic E-state index is 6.55. The van der Waals surface area contributed by atoms with E-state index in [2.05, 4.69) is 34.6 Å². The molecule has 1 aliphatic rings. The number of hydrogen-bond acceptors (Lipinski definition) is 3. The fraction of sp³-hybridized carbons (Fsp3) is 1.00. The van der Waals surface area contributed by atoms with Crippen LogP contribution in [0.2, 0.25) is 17.1 Å². The van der Waals surface area contributed by atoms with Crippen LogP contribution in [0.4, 0.5) is 0 Å². The molecule has 0 N–H and O–H groups in total. The average molecular weight is 317 g/mol. The lowest BCUT2D eigenvalue weighted by molar-refractivity contribution is 0.115. The SMILES string of the molecule is CCCCCO[Si](CCCOCC1CO1)(C(C)C)C(C)C. The van der Waals surface area contributed by atoms with Gasteiger partial charge in [0.05, 0.1) is 13.2 Å². The predicted octanol–water partition coefficient (Wildman–Crippen LogP) is 4.76. The number of rotatable bonds is 13. The molecule has 1 heterocycles. The van der Waals surface area contributed by atoms with E-state index < -0.39 is 8.32 Å². The molecule has 0 radical (unpaired) electrons. The molecule has 0 spiro atoms. The van der Waals surface area contributed by atoms with Crippen LogP contribution < -0.4 is 0 Å². The fourth-order valence-electron chi connectivity index (χ4n) is 3.09. The molecule has 1 fully saturated rings. The Hall–Kier alpha value is 0.0969. The molecule has 3 nitrogen and oxygen atoms in total. The van der Waals surface area contributed by atoms with Crippen LogP contribution >= 0.6 is 0 Å². The van der Waals surface area contributed by atoms with Crippen LogP contribution in [0, 0.1) is 0 Å². The Bertz CT molecular complexity index is 257. The Morgan fingerprint density at radius 1 is 1.05 bits per heavy atom. The molecule has 1 rings (SSSR count). The highest BCUT2D eigenvalue weighted by atomic mass is 28.4. The minimum atomic E-state index is -1.67. The zero-order valence-electron chi connectivity index (χ0n) is 14.8. The lowest BCUT2D eigenvalue weighted by atomic mass is 10.3. The van der Waals surface area contributed by atoms with Gasteiger partial charge in [-0.05, 0) is 30.0 Å². The van der Waals surface area contributed by atoms with Crippen molar-refractivity contribution in [3.8, 4) is 0 Å². The molecular weight excluding hydrogens is 280 g/mol. The van der Waals surface area contributed by atoms with Crippen molar-refractivity contribution in [3.05, 3.63) is 0 Å². The molecule has 1 saturated heterocycles. The first-order chi connectivity index (χ1) is 10.0. The Balaban J connectivity index is 2.36. The van der Waals surface area contributed by atoms with Crippen LogP contribution in [0.3, 0.4) is 0 Å². The minimum absolute atomic E-state index is 0.382. The van der Waals surface area contributed by atoms with Gasteiger partial charge in [0.2, 0.25) is 0 Å². The number of unbranched alkanes of at least 4 members (excludes halogenated alkanes) is 2. The summed E-state index contributed by atoms with van der Waals surface area (Å²) < 4.78 is 17.4. The Morgan fingerprint density at radius 3 is 2.24 bits per heavy atom. The lowest BCUT2D eigenvalue weighted by Gasteiger charge is -2.39. The normalized spacial score (nSPS) is 18.7. The van der Waals surface area contributed by atoms with Gasteiger partial charge >= 0.3 is 0 Å². The third kappa shape index (κ3) is 6.81. The van der Waals surface area contributed by atoms with Crippen molar-refractivity contribution in [2.24, 2.45) is 0 Å². The molecule has 0 aromatic rings. The van der Waals surface area contributed by atoms with Crippen molar-refractivity contribution in [3.63, 3.8) is 0 Å². The molecule has 0 aromatic heterocycles. The summed E-state index contributed by atoms with van der Waals surface area (Å²) in [5.74, 6) is 0. The van der Waals surface area contributed by atoms with Crippen molar-refractivity contribution in [1.82, 2.24) is 0 Å². The first-order valence-electron chi connectivity index (χ1n) is 8.86. The Labute approximate surface area is 132 Å². The van der Waals surface area contributed by atoms with E-state index in [0.717, 1.165) is 32.8 Å². The van der Waals surface area contributed by atoms with E-state index in [1.807, 2.05) is 0 Å². The number of hydrogen-bond donors (Lipinski definition) is 0. The van der Waals surface area contributed by atoms with E-state index in [1.165, 1.54) is 25.3 Å². The summed E-state index contributed by atoms with van der Waals surface area (Å²) in [5.41, 5.74) is 1.34. The molecule has 21 heavy (non-hydrogen) atoms. The van der Waals surface area contributed by atoms with Crippen LogP contribution in [-0.4, -0.2) is 40.8 Å². The Kier molecular flexibility index (Phi) is 9.10. The third-order valence-corrected chi connectivity index (χ3v) is 10.4. The van der Waals surface area contributed by atoms with Gasteiger partial charge in [0, 0.05) is 13.2 Å². The monoisotopic (exact) mass is 316 g/mol. The summed E-state index contributed by atoms with van der Waals surface area (Å²) in [7, 11) is -1.67. The average Bonchev–Trinajstić information content (AvgIpc) is 3.24. The van der Waals surface area contributed by atoms with Crippen LogP contribution in [0.15, 0.2) is 0 Å².